The fourth-order valence-electron chi connectivity index (χ4n) is 1.95. The van der Waals surface area contributed by atoms with Crippen LogP contribution in [0.25, 0.3) is 0 Å². The van der Waals surface area contributed by atoms with Crippen molar-refractivity contribution in [1.29, 1.82) is 0 Å². The molecule has 1 amide bonds. The lowest BCUT2D eigenvalue weighted by Gasteiger charge is -2.20. The number of nitrogens with one attached hydrogen (secondary N) is 2. The Bertz CT molecular complexity index is 426. The van der Waals surface area contributed by atoms with Crippen LogP contribution in [0.1, 0.15) is 31.9 Å². The summed E-state index contributed by atoms with van der Waals surface area (Å²) in [5.41, 5.74) is 0.994. The van der Waals surface area contributed by atoms with Crippen LogP contribution in [0.5, 0.6) is 0 Å². The standard InChI is InChI=1S/C15H23ClN2O2/c1-11(13-7-4-5-8-14(13)16)18-12(2)15(19)17-9-6-10-20-3/h4-5,7-8,11-12,18H,6,9-10H2,1-3H3,(H,17,19). The number of rotatable bonds is 8. The molecule has 1 aromatic carbocycles. The molecule has 0 aliphatic carbocycles. The molecular formula is C15H23ClN2O2. The minimum atomic E-state index is -0.274. The van der Waals surface area contributed by atoms with Gasteiger partial charge >= 0.3 is 0 Å². The molecule has 112 valence electrons. The van der Waals surface area contributed by atoms with Gasteiger partial charge in [0, 0.05) is 31.3 Å². The Kier molecular flexibility index (Phi) is 7.59. The SMILES string of the molecule is COCCCNC(=O)C(C)NC(C)c1ccccc1Cl. The number of hydrogen-bond acceptors (Lipinski definition) is 3. The van der Waals surface area contributed by atoms with E-state index in [9.17, 15) is 4.79 Å². The Morgan fingerprint density at radius 3 is 2.70 bits per heavy atom. The van der Waals surface area contributed by atoms with Gasteiger partial charge in [-0.3, -0.25) is 10.1 Å². The molecular weight excluding hydrogens is 276 g/mol. The summed E-state index contributed by atoms with van der Waals surface area (Å²) in [4.78, 5) is 11.9. The van der Waals surface area contributed by atoms with Crippen LogP contribution in [0, 0.1) is 0 Å². The first-order chi connectivity index (χ1) is 9.56. The summed E-state index contributed by atoms with van der Waals surface area (Å²) in [6.07, 6.45) is 0.815. The Morgan fingerprint density at radius 2 is 2.05 bits per heavy atom. The first-order valence-corrected chi connectivity index (χ1v) is 7.21. The maximum Gasteiger partial charge on any atom is 0.236 e. The second-order valence-electron chi connectivity index (χ2n) is 4.77. The fraction of sp³-hybridized carbons (Fsp3) is 0.533. The quantitative estimate of drug-likeness (QED) is 0.725. The summed E-state index contributed by atoms with van der Waals surface area (Å²) in [7, 11) is 1.65. The molecule has 0 saturated heterocycles. The lowest BCUT2D eigenvalue weighted by atomic mass is 10.1. The van der Waals surface area contributed by atoms with Crippen molar-refractivity contribution in [2.24, 2.45) is 0 Å². The van der Waals surface area contributed by atoms with E-state index >= 15 is 0 Å². The summed E-state index contributed by atoms with van der Waals surface area (Å²) < 4.78 is 4.94. The van der Waals surface area contributed by atoms with Crippen molar-refractivity contribution >= 4 is 17.5 Å². The Balaban J connectivity index is 2.43. The van der Waals surface area contributed by atoms with Crippen LogP contribution in [-0.4, -0.2) is 32.2 Å². The maximum atomic E-state index is 11.9. The first kappa shape index (κ1) is 17.0. The van der Waals surface area contributed by atoms with Crippen LogP contribution in [0.15, 0.2) is 24.3 Å². The molecule has 0 fully saturated rings. The van der Waals surface area contributed by atoms with Gasteiger partial charge in [0.2, 0.25) is 5.91 Å². The fourth-order valence-corrected chi connectivity index (χ4v) is 2.25. The summed E-state index contributed by atoms with van der Waals surface area (Å²) in [5.74, 6) is -0.0139. The molecule has 1 rings (SSSR count). The molecule has 0 aromatic heterocycles. The van der Waals surface area contributed by atoms with Crippen LogP contribution < -0.4 is 10.6 Å². The first-order valence-electron chi connectivity index (χ1n) is 6.83. The van der Waals surface area contributed by atoms with Gasteiger partial charge in [-0.2, -0.15) is 0 Å². The number of hydrogen-bond donors (Lipinski definition) is 2. The Labute approximate surface area is 125 Å². The van der Waals surface area contributed by atoms with Gasteiger partial charge in [0.15, 0.2) is 0 Å². The number of benzene rings is 1. The largest absolute Gasteiger partial charge is 0.385 e. The van der Waals surface area contributed by atoms with Crippen molar-refractivity contribution in [1.82, 2.24) is 10.6 Å². The highest BCUT2D eigenvalue weighted by Crippen LogP contribution is 2.22. The maximum absolute atomic E-state index is 11.9. The molecule has 0 aliphatic heterocycles. The number of halogens is 1. The molecule has 0 spiro atoms. The highest BCUT2D eigenvalue weighted by Gasteiger charge is 2.17. The topological polar surface area (TPSA) is 50.4 Å². The third-order valence-corrected chi connectivity index (χ3v) is 3.43. The van der Waals surface area contributed by atoms with Gasteiger partial charge in [-0.15, -0.1) is 0 Å². The van der Waals surface area contributed by atoms with Crippen LogP contribution in [-0.2, 0) is 9.53 Å². The van der Waals surface area contributed by atoms with Crippen LogP contribution in [0.2, 0.25) is 5.02 Å². The highest BCUT2D eigenvalue weighted by atomic mass is 35.5. The number of ether oxygens (including phenoxy) is 1. The summed E-state index contributed by atoms with van der Waals surface area (Å²) in [6.45, 7) is 5.12. The molecule has 0 saturated carbocycles. The van der Waals surface area contributed by atoms with Crippen molar-refractivity contribution in [2.45, 2.75) is 32.4 Å². The zero-order valence-electron chi connectivity index (χ0n) is 12.3. The van der Waals surface area contributed by atoms with E-state index in [0.717, 1.165) is 12.0 Å². The number of amides is 1. The van der Waals surface area contributed by atoms with Gasteiger partial charge in [-0.05, 0) is 31.9 Å². The molecule has 20 heavy (non-hydrogen) atoms. The van der Waals surface area contributed by atoms with E-state index < -0.39 is 0 Å². The Hall–Kier alpha value is -1.10. The molecule has 0 radical (unpaired) electrons. The van der Waals surface area contributed by atoms with Crippen molar-refractivity contribution < 1.29 is 9.53 Å². The number of carbonyl (C=O) groups is 1. The van der Waals surface area contributed by atoms with Gasteiger partial charge < -0.3 is 10.1 Å². The molecule has 2 N–H and O–H groups in total. The summed E-state index contributed by atoms with van der Waals surface area (Å²) >= 11 is 6.15. The van der Waals surface area contributed by atoms with E-state index in [-0.39, 0.29) is 18.0 Å². The highest BCUT2D eigenvalue weighted by molar-refractivity contribution is 6.31. The third kappa shape index (κ3) is 5.49. The van der Waals surface area contributed by atoms with Crippen LogP contribution in [0.3, 0.4) is 0 Å². The van der Waals surface area contributed by atoms with Gasteiger partial charge in [-0.1, -0.05) is 29.8 Å². The molecule has 0 aliphatic rings. The van der Waals surface area contributed by atoms with Gasteiger partial charge in [-0.25, -0.2) is 0 Å². The lowest BCUT2D eigenvalue weighted by Crippen LogP contribution is -2.43. The molecule has 1 aromatic rings. The van der Waals surface area contributed by atoms with Gasteiger partial charge in [0.1, 0.15) is 0 Å². The summed E-state index contributed by atoms with van der Waals surface area (Å²) in [6, 6.07) is 7.39. The summed E-state index contributed by atoms with van der Waals surface area (Å²) in [5, 5.41) is 6.83. The third-order valence-electron chi connectivity index (χ3n) is 3.09. The predicted octanol–water partition coefficient (Wildman–Crippen LogP) is 2.53. The van der Waals surface area contributed by atoms with E-state index in [4.69, 9.17) is 16.3 Å². The predicted molar refractivity (Wildman–Crippen MR) is 82.0 cm³/mol. The van der Waals surface area contributed by atoms with E-state index in [2.05, 4.69) is 10.6 Å². The molecule has 5 heteroatoms. The monoisotopic (exact) mass is 298 g/mol. The van der Waals surface area contributed by atoms with Gasteiger partial charge in [0.05, 0.1) is 6.04 Å². The van der Waals surface area contributed by atoms with E-state index in [1.807, 2.05) is 38.1 Å². The second-order valence-corrected chi connectivity index (χ2v) is 5.18. The molecule has 0 heterocycles. The van der Waals surface area contributed by atoms with E-state index in [1.54, 1.807) is 7.11 Å². The number of carbonyl (C=O) groups excluding carboxylic acids is 1. The zero-order valence-corrected chi connectivity index (χ0v) is 13.0. The van der Waals surface area contributed by atoms with E-state index in [1.165, 1.54) is 0 Å². The van der Waals surface area contributed by atoms with Crippen molar-refractivity contribution in [3.8, 4) is 0 Å². The average Bonchev–Trinajstić information content (AvgIpc) is 2.43. The molecule has 0 bridgehead atoms. The normalized spacial score (nSPS) is 13.8. The Morgan fingerprint density at radius 1 is 1.35 bits per heavy atom. The van der Waals surface area contributed by atoms with E-state index in [0.29, 0.717) is 18.2 Å². The van der Waals surface area contributed by atoms with Gasteiger partial charge in [0.25, 0.3) is 0 Å². The van der Waals surface area contributed by atoms with Crippen LogP contribution >= 0.6 is 11.6 Å². The molecule has 2 atom stereocenters. The zero-order chi connectivity index (χ0) is 15.0. The van der Waals surface area contributed by atoms with Crippen LogP contribution in [0.4, 0.5) is 0 Å². The average molecular weight is 299 g/mol. The van der Waals surface area contributed by atoms with Crippen molar-refractivity contribution in [3.05, 3.63) is 34.9 Å². The minimum Gasteiger partial charge on any atom is -0.385 e. The number of methoxy groups -OCH3 is 1. The van der Waals surface area contributed by atoms with Crippen molar-refractivity contribution in [2.75, 3.05) is 20.3 Å². The lowest BCUT2D eigenvalue weighted by molar-refractivity contribution is -0.122. The molecule has 4 nitrogen and oxygen atoms in total. The minimum absolute atomic E-state index is 0.0139. The van der Waals surface area contributed by atoms with Crippen molar-refractivity contribution in [3.63, 3.8) is 0 Å². The smallest absolute Gasteiger partial charge is 0.236 e. The molecule has 2 unspecified atom stereocenters. The second kappa shape index (κ2) is 8.95.